The lowest BCUT2D eigenvalue weighted by Crippen LogP contribution is -2.55. The van der Waals surface area contributed by atoms with Gasteiger partial charge in [-0.1, -0.05) is 60.7 Å². The summed E-state index contributed by atoms with van der Waals surface area (Å²) in [6, 6.07) is 30.9. The predicted molar refractivity (Wildman–Crippen MR) is 296 cm³/mol. The Labute approximate surface area is 462 Å². The molecule has 0 bridgehead atoms. The monoisotopic (exact) mass is 1110 g/mol. The molecule has 79 heavy (non-hydrogen) atoms. The molecule has 422 valence electrons. The number of amides is 6. The number of nitrogens with one attached hydrogen (secondary N) is 1. The van der Waals surface area contributed by atoms with Crippen LogP contribution in [0.1, 0.15) is 63.4 Å². The van der Waals surface area contributed by atoms with Gasteiger partial charge in [-0.25, -0.2) is 0 Å². The average Bonchev–Trinajstić information content (AvgIpc) is 3.46. The van der Waals surface area contributed by atoms with Gasteiger partial charge in [-0.3, -0.25) is 28.8 Å². The molecular formula is C58H70N6O14S. The van der Waals surface area contributed by atoms with Gasteiger partial charge in [0.25, 0.3) is 0 Å². The molecule has 0 saturated carbocycles. The fraction of sp³-hybridized carbons (Fsp3) is 0.379. The molecule has 0 unspecified atom stereocenters. The summed E-state index contributed by atoms with van der Waals surface area (Å²) in [6.07, 6.45) is 0.826. The van der Waals surface area contributed by atoms with Crippen LogP contribution >= 0.6 is 0 Å². The standard InChI is InChI=1S/C58H70N6O14S/c1-39(2)76-30-29-60-35-55(67)63(42(5)44-21-25-49(26-22-44)78-79(9,71)72)38-57(69)62(41(4)43-19-23-47(73-6)24-20-43)34-53(65)59-40(3)58(70)61(28-27-45-15-13-14-18-52(45)77-48-16-11-10-12-17-48)36-56(68)64(37-54(60)66)46-31-50(74-7)33-51(32-46)75-8/h10-26,31-33,39-42H,27-30,34-38H2,1-9H3,(H,59,65)/t40-,41+,42+/m1/s1. The summed E-state index contributed by atoms with van der Waals surface area (Å²) in [4.78, 5) is 96.0. The first-order valence-electron chi connectivity index (χ1n) is 25.7. The van der Waals surface area contributed by atoms with E-state index in [1.165, 1.54) is 77.0 Å². The number of carbonyl (C=O) groups excluding carboxylic acids is 6. The normalized spacial score (nSPS) is 16.5. The molecular weight excluding hydrogens is 1040 g/mol. The fourth-order valence-electron chi connectivity index (χ4n) is 8.76. The van der Waals surface area contributed by atoms with Crippen LogP contribution in [0.4, 0.5) is 5.69 Å². The molecule has 0 spiro atoms. The maximum absolute atomic E-state index is 15.2. The van der Waals surface area contributed by atoms with Crippen molar-refractivity contribution in [3.63, 3.8) is 0 Å². The third kappa shape index (κ3) is 17.2. The lowest BCUT2D eigenvalue weighted by Gasteiger charge is -2.36. The van der Waals surface area contributed by atoms with Crippen molar-refractivity contribution < 1.29 is 65.1 Å². The maximum atomic E-state index is 15.2. The lowest BCUT2D eigenvalue weighted by atomic mass is 10.0. The third-order valence-corrected chi connectivity index (χ3v) is 13.6. The maximum Gasteiger partial charge on any atom is 0.306 e. The van der Waals surface area contributed by atoms with Gasteiger partial charge in [-0.2, -0.15) is 8.42 Å². The molecule has 5 aromatic rings. The van der Waals surface area contributed by atoms with Gasteiger partial charge < -0.3 is 57.7 Å². The van der Waals surface area contributed by atoms with Gasteiger partial charge in [0.15, 0.2) is 0 Å². The molecule has 0 aromatic heterocycles. The van der Waals surface area contributed by atoms with Crippen molar-refractivity contribution in [3.8, 4) is 34.5 Å². The number of carbonyl (C=O) groups is 6. The average molecular weight is 1110 g/mol. The van der Waals surface area contributed by atoms with Crippen molar-refractivity contribution >= 4 is 51.2 Å². The number of methoxy groups -OCH3 is 3. The topological polar surface area (TPSA) is 220 Å². The second-order valence-corrected chi connectivity index (χ2v) is 20.7. The van der Waals surface area contributed by atoms with Gasteiger partial charge in [-0.05, 0) is 100 Å². The van der Waals surface area contributed by atoms with Crippen LogP contribution in [-0.2, 0) is 50.0 Å². The van der Waals surface area contributed by atoms with E-state index < -0.39 is 96.4 Å². The van der Waals surface area contributed by atoms with Crippen molar-refractivity contribution in [3.05, 3.63) is 138 Å². The molecule has 0 aliphatic carbocycles. The Kier molecular flexibility index (Phi) is 21.2. The van der Waals surface area contributed by atoms with Gasteiger partial charge >= 0.3 is 10.1 Å². The van der Waals surface area contributed by atoms with Crippen LogP contribution in [0, 0.1) is 0 Å². The van der Waals surface area contributed by atoms with Crippen molar-refractivity contribution in [1.29, 1.82) is 0 Å². The number of rotatable bonds is 19. The Morgan fingerprint density at radius 2 is 1.11 bits per heavy atom. The SMILES string of the molecule is COc1ccc([C@H](C)N2CC(=O)N[C@H](C)C(=O)N(CCc3ccccc3Oc3ccccc3)CC(=O)N(c3cc(OC)cc(OC)c3)CC(=O)N(CCOC(C)C)CC(=O)N([C@@H](C)c3ccc(OS(C)(=O)=O)cc3)CC2=O)cc1. The Balaban J connectivity index is 1.47. The Hall–Kier alpha value is -8.17. The molecule has 1 heterocycles. The first-order chi connectivity index (χ1) is 37.7. The number of hydrogen-bond donors (Lipinski definition) is 1. The largest absolute Gasteiger partial charge is 0.497 e. The van der Waals surface area contributed by atoms with E-state index in [1.54, 1.807) is 62.4 Å². The second kappa shape index (κ2) is 27.9. The zero-order valence-electron chi connectivity index (χ0n) is 46.1. The smallest absolute Gasteiger partial charge is 0.306 e. The van der Waals surface area contributed by atoms with Crippen LogP contribution in [0.3, 0.4) is 0 Å². The van der Waals surface area contributed by atoms with Crippen molar-refractivity contribution in [1.82, 2.24) is 24.9 Å². The van der Waals surface area contributed by atoms with E-state index in [4.69, 9.17) is 27.9 Å². The zero-order chi connectivity index (χ0) is 57.4. The van der Waals surface area contributed by atoms with Crippen LogP contribution in [0.15, 0.2) is 121 Å². The van der Waals surface area contributed by atoms with Crippen LogP contribution in [-0.4, -0.2) is 156 Å². The van der Waals surface area contributed by atoms with E-state index in [0.717, 1.165) is 6.26 Å². The molecule has 21 heteroatoms. The summed E-state index contributed by atoms with van der Waals surface area (Å²) in [5.41, 5.74) is 1.95. The first-order valence-corrected chi connectivity index (χ1v) is 27.5. The Bertz CT molecular complexity index is 2990. The minimum absolute atomic E-state index is 0.00958. The van der Waals surface area contributed by atoms with Gasteiger partial charge in [0, 0.05) is 31.3 Å². The highest BCUT2D eigenvalue weighted by molar-refractivity contribution is 7.86. The lowest BCUT2D eigenvalue weighted by molar-refractivity contribution is -0.148. The van der Waals surface area contributed by atoms with Gasteiger partial charge in [-0.15, -0.1) is 0 Å². The minimum atomic E-state index is -3.88. The van der Waals surface area contributed by atoms with Gasteiger partial charge in [0.2, 0.25) is 35.4 Å². The fourth-order valence-corrected chi connectivity index (χ4v) is 9.22. The number of hydrogen-bond acceptors (Lipinski definition) is 14. The molecule has 5 aromatic carbocycles. The highest BCUT2D eigenvalue weighted by atomic mass is 32.2. The van der Waals surface area contributed by atoms with E-state index >= 15 is 19.2 Å². The third-order valence-electron chi connectivity index (χ3n) is 13.1. The van der Waals surface area contributed by atoms with Gasteiger partial charge in [0.05, 0.1) is 64.6 Å². The van der Waals surface area contributed by atoms with Crippen LogP contribution < -0.4 is 33.3 Å². The van der Waals surface area contributed by atoms with Gasteiger partial charge in [0.1, 0.15) is 66.7 Å². The van der Waals surface area contributed by atoms with Crippen molar-refractivity contribution in [2.24, 2.45) is 0 Å². The highest BCUT2D eigenvalue weighted by Gasteiger charge is 2.35. The predicted octanol–water partition coefficient (Wildman–Crippen LogP) is 6.20. The highest BCUT2D eigenvalue weighted by Crippen LogP contribution is 2.31. The number of para-hydroxylation sites is 2. The second-order valence-electron chi connectivity index (χ2n) is 19.1. The van der Waals surface area contributed by atoms with E-state index in [1.807, 2.05) is 62.4 Å². The number of benzene rings is 5. The molecule has 20 nitrogen and oxygen atoms in total. The van der Waals surface area contributed by atoms with Crippen LogP contribution in [0.5, 0.6) is 34.5 Å². The summed E-state index contributed by atoms with van der Waals surface area (Å²) >= 11 is 0. The van der Waals surface area contributed by atoms with Crippen molar-refractivity contribution in [2.75, 3.05) is 84.9 Å². The molecule has 1 aliphatic heterocycles. The minimum Gasteiger partial charge on any atom is -0.497 e. The molecule has 1 fully saturated rings. The Morgan fingerprint density at radius 3 is 1.70 bits per heavy atom. The molecule has 1 N–H and O–H groups in total. The van der Waals surface area contributed by atoms with E-state index in [2.05, 4.69) is 5.32 Å². The zero-order valence-corrected chi connectivity index (χ0v) is 46.9. The molecule has 1 saturated heterocycles. The van der Waals surface area contributed by atoms with Crippen LogP contribution in [0.2, 0.25) is 0 Å². The van der Waals surface area contributed by atoms with E-state index in [9.17, 15) is 18.0 Å². The summed E-state index contributed by atoms with van der Waals surface area (Å²) in [5, 5.41) is 2.76. The Morgan fingerprint density at radius 1 is 0.570 bits per heavy atom. The van der Waals surface area contributed by atoms with E-state index in [0.29, 0.717) is 33.9 Å². The number of nitrogens with zero attached hydrogens (tertiary/aromatic N) is 5. The summed E-state index contributed by atoms with van der Waals surface area (Å²) in [7, 11) is 0.483. The molecule has 3 atom stereocenters. The summed E-state index contributed by atoms with van der Waals surface area (Å²) < 4.78 is 57.7. The number of ether oxygens (including phenoxy) is 5. The van der Waals surface area contributed by atoms with Crippen molar-refractivity contribution in [2.45, 2.75) is 65.3 Å². The van der Waals surface area contributed by atoms with E-state index in [-0.39, 0.29) is 55.2 Å². The van der Waals surface area contributed by atoms with Crippen LogP contribution in [0.25, 0.3) is 0 Å². The molecule has 6 amide bonds. The molecule has 1 aliphatic rings. The molecule has 0 radical (unpaired) electrons. The number of anilines is 1. The quantitative estimate of drug-likeness (QED) is 0.0911. The first kappa shape index (κ1) is 60.1. The summed E-state index contributed by atoms with van der Waals surface area (Å²) in [5.74, 6) is -1.91. The summed E-state index contributed by atoms with van der Waals surface area (Å²) in [6.45, 7) is 5.19. The molecule has 6 rings (SSSR count).